The van der Waals surface area contributed by atoms with Crippen molar-refractivity contribution in [2.45, 2.75) is 25.3 Å². The number of amides is 1. The van der Waals surface area contributed by atoms with Gasteiger partial charge in [0, 0.05) is 12.2 Å². The Hall–Kier alpha value is -4.22. The summed E-state index contributed by atoms with van der Waals surface area (Å²) < 4.78 is 43.4. The molecule has 0 fully saturated rings. The van der Waals surface area contributed by atoms with E-state index in [4.69, 9.17) is 14.2 Å². The zero-order valence-corrected chi connectivity index (χ0v) is 22.9. The molecule has 0 heterocycles. The highest BCUT2D eigenvalue weighted by Gasteiger charge is 2.28. The third-order valence-corrected chi connectivity index (χ3v) is 7.45. The van der Waals surface area contributed by atoms with Gasteiger partial charge in [-0.3, -0.25) is 4.79 Å². The van der Waals surface area contributed by atoms with E-state index < -0.39 is 34.4 Å². The lowest BCUT2D eigenvalue weighted by molar-refractivity contribution is -0.116. The Morgan fingerprint density at radius 2 is 1.49 bits per heavy atom. The van der Waals surface area contributed by atoms with E-state index in [1.807, 2.05) is 6.92 Å². The van der Waals surface area contributed by atoms with Crippen LogP contribution in [-0.2, 0) is 30.8 Å². The smallest absolute Gasteiger partial charge is 0.337 e. The number of anilines is 1. The van der Waals surface area contributed by atoms with Crippen molar-refractivity contribution in [3.8, 4) is 5.75 Å². The Morgan fingerprint density at radius 3 is 2.03 bits per heavy atom. The summed E-state index contributed by atoms with van der Waals surface area (Å²) in [6.45, 7) is 3.39. The summed E-state index contributed by atoms with van der Waals surface area (Å²) in [7, 11) is -1.76. The van der Waals surface area contributed by atoms with E-state index in [1.165, 1.54) is 44.6 Å². The number of rotatable bonds is 11. The zero-order valence-electron chi connectivity index (χ0n) is 22.1. The summed E-state index contributed by atoms with van der Waals surface area (Å²) in [5.41, 5.74) is 1.43. The van der Waals surface area contributed by atoms with Gasteiger partial charge in [0.1, 0.15) is 5.75 Å². The number of methoxy groups -OCH3 is 2. The third kappa shape index (κ3) is 7.43. The number of hydrogen-bond donors (Lipinski definition) is 1. The van der Waals surface area contributed by atoms with E-state index in [0.717, 1.165) is 4.31 Å². The molecule has 39 heavy (non-hydrogen) atoms. The van der Waals surface area contributed by atoms with Crippen LogP contribution in [0.15, 0.2) is 71.6 Å². The van der Waals surface area contributed by atoms with Crippen molar-refractivity contribution in [2.75, 3.05) is 32.7 Å². The fourth-order valence-corrected chi connectivity index (χ4v) is 5.26. The van der Waals surface area contributed by atoms with Crippen molar-refractivity contribution in [3.63, 3.8) is 0 Å². The van der Waals surface area contributed by atoms with Crippen LogP contribution in [0.25, 0.3) is 0 Å². The Labute approximate surface area is 227 Å². The van der Waals surface area contributed by atoms with Gasteiger partial charge in [0.05, 0.1) is 43.4 Å². The summed E-state index contributed by atoms with van der Waals surface area (Å²) >= 11 is 0. The van der Waals surface area contributed by atoms with Crippen molar-refractivity contribution < 1.29 is 37.0 Å². The van der Waals surface area contributed by atoms with Crippen LogP contribution in [0.2, 0.25) is 0 Å². The average Bonchev–Trinajstić information content (AvgIpc) is 2.93. The fraction of sp³-hybridized carbons (Fsp3) is 0.250. The number of sulfonamides is 1. The summed E-state index contributed by atoms with van der Waals surface area (Å²) in [6, 6.07) is 17.3. The molecule has 3 aromatic carbocycles. The second kappa shape index (κ2) is 13.0. The standard InChI is InChI=1S/C28H30N2O8S/c1-5-38-25-12-11-24(13-19(25)2)39(34,35)30(17-20-9-7-6-8-10-20)18-26(31)29-23-15-21(27(32)36-3)14-22(16-23)28(33)37-4/h6-16H,5,17-18H2,1-4H3,(H,29,31). The van der Waals surface area contributed by atoms with Crippen LogP contribution in [0.1, 0.15) is 38.8 Å². The molecule has 0 saturated carbocycles. The predicted octanol–water partition coefficient (Wildman–Crippen LogP) is 3.80. The van der Waals surface area contributed by atoms with Crippen LogP contribution < -0.4 is 10.1 Å². The highest BCUT2D eigenvalue weighted by Crippen LogP contribution is 2.25. The Bertz CT molecular complexity index is 1420. The number of ether oxygens (including phenoxy) is 3. The number of nitrogens with zero attached hydrogens (tertiary/aromatic N) is 1. The van der Waals surface area contributed by atoms with Crippen LogP contribution in [0.3, 0.4) is 0 Å². The number of esters is 2. The van der Waals surface area contributed by atoms with E-state index in [-0.39, 0.29) is 28.3 Å². The molecule has 0 saturated heterocycles. The zero-order chi connectivity index (χ0) is 28.6. The minimum Gasteiger partial charge on any atom is -0.494 e. The third-order valence-electron chi connectivity index (χ3n) is 5.66. The van der Waals surface area contributed by atoms with Crippen molar-refractivity contribution in [3.05, 3.63) is 89.0 Å². The maximum absolute atomic E-state index is 13.7. The van der Waals surface area contributed by atoms with E-state index in [9.17, 15) is 22.8 Å². The van der Waals surface area contributed by atoms with Crippen molar-refractivity contribution >= 4 is 33.6 Å². The minimum atomic E-state index is -4.12. The molecule has 11 heteroatoms. The first-order valence-electron chi connectivity index (χ1n) is 12.0. The van der Waals surface area contributed by atoms with Crippen molar-refractivity contribution in [1.29, 1.82) is 0 Å². The second-order valence-electron chi connectivity index (χ2n) is 8.45. The fourth-order valence-electron chi connectivity index (χ4n) is 3.79. The SMILES string of the molecule is CCOc1ccc(S(=O)(=O)N(CC(=O)Nc2cc(C(=O)OC)cc(C(=O)OC)c2)Cc2ccccc2)cc1C. The molecule has 0 aromatic heterocycles. The van der Waals surface area contributed by atoms with E-state index >= 15 is 0 Å². The first-order chi connectivity index (χ1) is 18.6. The molecule has 0 unspecified atom stereocenters. The second-order valence-corrected chi connectivity index (χ2v) is 10.4. The Kier molecular flexibility index (Phi) is 9.80. The number of carbonyl (C=O) groups excluding carboxylic acids is 3. The van der Waals surface area contributed by atoms with Gasteiger partial charge in [-0.1, -0.05) is 30.3 Å². The molecule has 0 radical (unpaired) electrons. The van der Waals surface area contributed by atoms with Crippen molar-refractivity contribution in [1.82, 2.24) is 4.31 Å². The molecule has 0 aliphatic carbocycles. The van der Waals surface area contributed by atoms with Crippen LogP contribution in [0.4, 0.5) is 5.69 Å². The molecule has 0 aliphatic rings. The monoisotopic (exact) mass is 554 g/mol. The highest BCUT2D eigenvalue weighted by atomic mass is 32.2. The lowest BCUT2D eigenvalue weighted by Gasteiger charge is -2.23. The summed E-state index contributed by atoms with van der Waals surface area (Å²) in [6.07, 6.45) is 0. The van der Waals surface area contributed by atoms with Gasteiger partial charge >= 0.3 is 11.9 Å². The van der Waals surface area contributed by atoms with Crippen LogP contribution in [-0.4, -0.2) is 57.9 Å². The number of aryl methyl sites for hydroxylation is 1. The van der Waals surface area contributed by atoms with Gasteiger partial charge in [-0.2, -0.15) is 4.31 Å². The van der Waals surface area contributed by atoms with E-state index in [2.05, 4.69) is 5.32 Å². The number of carbonyl (C=O) groups is 3. The topological polar surface area (TPSA) is 128 Å². The largest absolute Gasteiger partial charge is 0.494 e. The summed E-state index contributed by atoms with van der Waals surface area (Å²) in [5, 5.41) is 2.58. The quantitative estimate of drug-likeness (QED) is 0.355. The number of benzene rings is 3. The Morgan fingerprint density at radius 1 is 0.872 bits per heavy atom. The van der Waals surface area contributed by atoms with E-state index in [1.54, 1.807) is 43.3 Å². The molecule has 1 amide bonds. The van der Waals surface area contributed by atoms with Crippen LogP contribution in [0, 0.1) is 6.92 Å². The Balaban J connectivity index is 1.94. The first-order valence-corrected chi connectivity index (χ1v) is 13.4. The minimum absolute atomic E-state index is 0.00727. The summed E-state index contributed by atoms with van der Waals surface area (Å²) in [5.74, 6) is -1.57. The van der Waals surface area contributed by atoms with Crippen LogP contribution in [0.5, 0.6) is 5.75 Å². The van der Waals surface area contributed by atoms with Crippen LogP contribution >= 0.6 is 0 Å². The lowest BCUT2D eigenvalue weighted by atomic mass is 10.1. The molecule has 206 valence electrons. The van der Waals surface area contributed by atoms with Gasteiger partial charge in [-0.15, -0.1) is 0 Å². The van der Waals surface area contributed by atoms with Gasteiger partial charge in [0.2, 0.25) is 15.9 Å². The molecule has 0 aliphatic heterocycles. The molecule has 0 bridgehead atoms. The average molecular weight is 555 g/mol. The maximum atomic E-state index is 13.7. The van der Waals surface area contributed by atoms with Gasteiger partial charge in [-0.05, 0) is 61.4 Å². The van der Waals surface area contributed by atoms with Gasteiger partial charge < -0.3 is 19.5 Å². The van der Waals surface area contributed by atoms with E-state index in [0.29, 0.717) is 23.5 Å². The predicted molar refractivity (Wildman–Crippen MR) is 144 cm³/mol. The molecule has 1 N–H and O–H groups in total. The molecular formula is C28H30N2O8S. The molecular weight excluding hydrogens is 524 g/mol. The lowest BCUT2D eigenvalue weighted by Crippen LogP contribution is -2.37. The molecule has 0 atom stereocenters. The highest BCUT2D eigenvalue weighted by molar-refractivity contribution is 7.89. The molecule has 0 spiro atoms. The van der Waals surface area contributed by atoms with Gasteiger partial charge in [-0.25, -0.2) is 18.0 Å². The first kappa shape index (κ1) is 29.3. The molecule has 10 nitrogen and oxygen atoms in total. The molecule has 3 rings (SSSR count). The number of nitrogens with one attached hydrogen (secondary N) is 1. The van der Waals surface area contributed by atoms with Crippen molar-refractivity contribution in [2.24, 2.45) is 0 Å². The molecule has 3 aromatic rings. The summed E-state index contributed by atoms with van der Waals surface area (Å²) in [4.78, 5) is 37.3. The van der Waals surface area contributed by atoms with Gasteiger partial charge in [0.25, 0.3) is 0 Å². The maximum Gasteiger partial charge on any atom is 0.337 e. The normalized spacial score (nSPS) is 11.1. The van der Waals surface area contributed by atoms with Gasteiger partial charge in [0.15, 0.2) is 0 Å². The number of hydrogen-bond acceptors (Lipinski definition) is 8.